The van der Waals surface area contributed by atoms with Crippen LogP contribution in [0.2, 0.25) is 5.02 Å². The summed E-state index contributed by atoms with van der Waals surface area (Å²) in [6.07, 6.45) is 1.02. The summed E-state index contributed by atoms with van der Waals surface area (Å²) in [4.78, 5) is 16.3. The molecule has 1 atom stereocenters. The fourth-order valence-corrected chi connectivity index (χ4v) is 2.13. The van der Waals surface area contributed by atoms with Crippen LogP contribution in [0.5, 0.6) is 11.6 Å². The summed E-state index contributed by atoms with van der Waals surface area (Å²) in [6, 6.07) is 10.6. The molecule has 2 rings (SSSR count). The Morgan fingerprint density at radius 2 is 2.17 bits per heavy atom. The second kappa shape index (κ2) is 8.39. The van der Waals surface area contributed by atoms with Crippen LogP contribution in [0.25, 0.3) is 0 Å². The van der Waals surface area contributed by atoms with Gasteiger partial charge < -0.3 is 14.8 Å². The van der Waals surface area contributed by atoms with E-state index in [0.29, 0.717) is 29.8 Å². The highest BCUT2D eigenvalue weighted by Crippen LogP contribution is 2.18. The van der Waals surface area contributed by atoms with Crippen LogP contribution in [0.15, 0.2) is 42.6 Å². The van der Waals surface area contributed by atoms with Gasteiger partial charge in [0.1, 0.15) is 5.75 Å². The first-order chi connectivity index (χ1) is 11.1. The van der Waals surface area contributed by atoms with Gasteiger partial charge in [0.25, 0.3) is 5.91 Å². The Balaban J connectivity index is 1.91. The zero-order valence-electron chi connectivity index (χ0n) is 13.1. The molecule has 1 unspecified atom stereocenters. The minimum absolute atomic E-state index is 0.226. The minimum Gasteiger partial charge on any atom is -0.481 e. The molecule has 2 aromatic rings. The molecule has 0 aliphatic rings. The van der Waals surface area contributed by atoms with Gasteiger partial charge in [0.2, 0.25) is 5.88 Å². The van der Waals surface area contributed by atoms with Crippen LogP contribution in [-0.2, 0) is 11.3 Å². The summed E-state index contributed by atoms with van der Waals surface area (Å²) in [5.74, 6) is 0.853. The van der Waals surface area contributed by atoms with Crippen molar-refractivity contribution in [1.82, 2.24) is 10.3 Å². The van der Waals surface area contributed by atoms with Crippen molar-refractivity contribution in [3.05, 3.63) is 53.2 Å². The van der Waals surface area contributed by atoms with Crippen LogP contribution < -0.4 is 14.8 Å². The molecule has 1 heterocycles. The number of hydrogen-bond donors (Lipinski definition) is 1. The Hall–Kier alpha value is -2.27. The summed E-state index contributed by atoms with van der Waals surface area (Å²) in [7, 11) is 0. The van der Waals surface area contributed by atoms with Crippen LogP contribution in [0.3, 0.4) is 0 Å². The van der Waals surface area contributed by atoms with E-state index in [2.05, 4.69) is 10.3 Å². The van der Waals surface area contributed by atoms with Gasteiger partial charge in [-0.2, -0.15) is 0 Å². The maximum atomic E-state index is 12.1. The Morgan fingerprint density at radius 1 is 1.35 bits per heavy atom. The third-order valence-corrected chi connectivity index (χ3v) is 3.30. The molecule has 23 heavy (non-hydrogen) atoms. The van der Waals surface area contributed by atoms with Gasteiger partial charge in [-0.3, -0.25) is 4.79 Å². The van der Waals surface area contributed by atoms with Crippen molar-refractivity contribution in [1.29, 1.82) is 0 Å². The van der Waals surface area contributed by atoms with Crippen LogP contribution in [0.4, 0.5) is 0 Å². The minimum atomic E-state index is -0.638. The molecule has 0 saturated heterocycles. The van der Waals surface area contributed by atoms with E-state index in [9.17, 15) is 4.79 Å². The topological polar surface area (TPSA) is 60.5 Å². The van der Waals surface area contributed by atoms with E-state index in [-0.39, 0.29) is 5.91 Å². The number of nitrogens with one attached hydrogen (secondary N) is 1. The highest BCUT2D eigenvalue weighted by Gasteiger charge is 2.15. The summed E-state index contributed by atoms with van der Waals surface area (Å²) < 4.78 is 11.0. The third kappa shape index (κ3) is 5.14. The number of benzene rings is 1. The number of ether oxygens (including phenoxy) is 2. The second-order valence-electron chi connectivity index (χ2n) is 4.84. The molecule has 0 saturated carbocycles. The van der Waals surface area contributed by atoms with Gasteiger partial charge in [0.05, 0.1) is 6.61 Å². The lowest BCUT2D eigenvalue weighted by Crippen LogP contribution is -2.36. The highest BCUT2D eigenvalue weighted by atomic mass is 35.5. The average Bonchev–Trinajstić information content (AvgIpc) is 2.54. The van der Waals surface area contributed by atoms with Gasteiger partial charge in [0.15, 0.2) is 6.10 Å². The molecule has 5 nitrogen and oxygen atoms in total. The van der Waals surface area contributed by atoms with Crippen molar-refractivity contribution in [3.63, 3.8) is 0 Å². The van der Waals surface area contributed by atoms with Gasteiger partial charge in [-0.15, -0.1) is 0 Å². The van der Waals surface area contributed by atoms with Crippen molar-refractivity contribution in [3.8, 4) is 11.6 Å². The molecule has 0 spiro atoms. The second-order valence-corrected chi connectivity index (χ2v) is 5.27. The van der Waals surface area contributed by atoms with Crippen LogP contribution in [0, 0.1) is 0 Å². The van der Waals surface area contributed by atoms with E-state index in [1.165, 1.54) is 0 Å². The number of amides is 1. The SMILES string of the molecule is CCOc1ncccc1CNC(=O)C(C)Oc1cccc(Cl)c1. The average molecular weight is 335 g/mol. The molecule has 1 aromatic heterocycles. The standard InChI is InChI=1S/C17H19ClN2O3/c1-3-22-17-13(6-5-9-19-17)11-20-16(21)12(2)23-15-8-4-7-14(18)10-15/h4-10,12H,3,11H2,1-2H3,(H,20,21). The lowest BCUT2D eigenvalue weighted by Gasteiger charge is -2.15. The lowest BCUT2D eigenvalue weighted by molar-refractivity contribution is -0.127. The Kier molecular flexibility index (Phi) is 6.23. The molecule has 122 valence electrons. The van der Waals surface area contributed by atoms with Gasteiger partial charge in [-0.1, -0.05) is 23.7 Å². The largest absolute Gasteiger partial charge is 0.481 e. The lowest BCUT2D eigenvalue weighted by atomic mass is 10.2. The Labute approximate surface area is 140 Å². The van der Waals surface area contributed by atoms with Crippen LogP contribution >= 0.6 is 11.6 Å². The first kappa shape index (κ1) is 17.1. The first-order valence-corrected chi connectivity index (χ1v) is 7.74. The van der Waals surface area contributed by atoms with Crippen molar-refractivity contribution < 1.29 is 14.3 Å². The summed E-state index contributed by atoms with van der Waals surface area (Å²) in [5.41, 5.74) is 0.817. The number of carbonyl (C=O) groups is 1. The molecule has 1 aromatic carbocycles. The monoisotopic (exact) mass is 334 g/mol. The Bertz CT molecular complexity index is 664. The predicted octanol–water partition coefficient (Wildman–Crippen LogP) is 3.22. The smallest absolute Gasteiger partial charge is 0.261 e. The highest BCUT2D eigenvalue weighted by molar-refractivity contribution is 6.30. The fraction of sp³-hybridized carbons (Fsp3) is 0.294. The number of hydrogen-bond acceptors (Lipinski definition) is 4. The number of carbonyl (C=O) groups excluding carboxylic acids is 1. The molecule has 0 bridgehead atoms. The van der Waals surface area contributed by atoms with Crippen molar-refractivity contribution in [2.75, 3.05) is 6.61 Å². The van der Waals surface area contributed by atoms with Gasteiger partial charge in [-0.05, 0) is 38.1 Å². The van der Waals surface area contributed by atoms with Crippen LogP contribution in [-0.4, -0.2) is 23.6 Å². The van der Waals surface area contributed by atoms with E-state index in [1.807, 2.05) is 13.0 Å². The van der Waals surface area contributed by atoms with Gasteiger partial charge in [-0.25, -0.2) is 4.98 Å². The molecule has 0 fully saturated rings. The molecule has 0 aliphatic heterocycles. The molecule has 1 N–H and O–H groups in total. The van der Waals surface area contributed by atoms with Crippen LogP contribution in [0.1, 0.15) is 19.4 Å². The molecular formula is C17H19ClN2O3. The fourth-order valence-electron chi connectivity index (χ4n) is 1.95. The zero-order chi connectivity index (χ0) is 16.7. The quantitative estimate of drug-likeness (QED) is 0.844. The zero-order valence-corrected chi connectivity index (χ0v) is 13.8. The molecule has 0 radical (unpaired) electrons. The third-order valence-electron chi connectivity index (χ3n) is 3.06. The van der Waals surface area contributed by atoms with Crippen molar-refractivity contribution >= 4 is 17.5 Å². The maximum Gasteiger partial charge on any atom is 0.261 e. The first-order valence-electron chi connectivity index (χ1n) is 7.36. The molecule has 0 aliphatic carbocycles. The van der Waals surface area contributed by atoms with E-state index in [4.69, 9.17) is 21.1 Å². The van der Waals surface area contributed by atoms with E-state index >= 15 is 0 Å². The summed E-state index contributed by atoms with van der Waals surface area (Å²) in [6.45, 7) is 4.42. The summed E-state index contributed by atoms with van der Waals surface area (Å²) in [5, 5.41) is 3.38. The molecule has 1 amide bonds. The number of rotatable bonds is 7. The summed E-state index contributed by atoms with van der Waals surface area (Å²) >= 11 is 5.89. The van der Waals surface area contributed by atoms with Gasteiger partial charge in [0, 0.05) is 23.3 Å². The van der Waals surface area contributed by atoms with E-state index < -0.39 is 6.10 Å². The maximum absolute atomic E-state index is 12.1. The normalized spacial score (nSPS) is 11.6. The number of pyridine rings is 1. The van der Waals surface area contributed by atoms with E-state index in [1.54, 1.807) is 43.5 Å². The number of halogens is 1. The molecule has 6 heteroatoms. The molecular weight excluding hydrogens is 316 g/mol. The van der Waals surface area contributed by atoms with Gasteiger partial charge >= 0.3 is 0 Å². The Morgan fingerprint density at radius 3 is 2.91 bits per heavy atom. The number of nitrogens with zero attached hydrogens (tertiary/aromatic N) is 1. The van der Waals surface area contributed by atoms with Crippen molar-refractivity contribution in [2.24, 2.45) is 0 Å². The predicted molar refractivity (Wildman–Crippen MR) is 88.8 cm³/mol. The number of aromatic nitrogens is 1. The van der Waals surface area contributed by atoms with Crippen molar-refractivity contribution in [2.45, 2.75) is 26.5 Å². The van der Waals surface area contributed by atoms with E-state index in [0.717, 1.165) is 5.56 Å².